The first-order chi connectivity index (χ1) is 8.59. The lowest BCUT2D eigenvalue weighted by molar-refractivity contribution is 0.243. The third-order valence-corrected chi connectivity index (χ3v) is 3.75. The molecule has 1 saturated heterocycles. The van der Waals surface area contributed by atoms with E-state index in [0.29, 0.717) is 17.5 Å². The summed E-state index contributed by atoms with van der Waals surface area (Å²) in [7, 11) is 0. The largest absolute Gasteiger partial charge is 0.506 e. The molecule has 1 aromatic carbocycles. The first-order valence-corrected chi connectivity index (χ1v) is 6.57. The second kappa shape index (κ2) is 5.87. The molecule has 0 radical (unpaired) electrons. The lowest BCUT2D eigenvalue weighted by Gasteiger charge is -2.27. The zero-order valence-corrected chi connectivity index (χ0v) is 11.2. The van der Waals surface area contributed by atoms with Crippen molar-refractivity contribution in [3.05, 3.63) is 28.0 Å². The fourth-order valence-corrected chi connectivity index (χ4v) is 2.47. The van der Waals surface area contributed by atoms with Crippen molar-refractivity contribution in [1.82, 2.24) is 10.2 Å². The molecule has 1 aliphatic rings. The highest BCUT2D eigenvalue weighted by Gasteiger charge is 2.16. The first-order valence-electron chi connectivity index (χ1n) is 6.19. The molecule has 0 unspecified atom stereocenters. The van der Waals surface area contributed by atoms with Crippen molar-refractivity contribution in [2.24, 2.45) is 0 Å². The van der Waals surface area contributed by atoms with Gasteiger partial charge in [-0.3, -0.25) is 0 Å². The zero-order chi connectivity index (χ0) is 13.1. The van der Waals surface area contributed by atoms with Gasteiger partial charge in [-0.15, -0.1) is 0 Å². The van der Waals surface area contributed by atoms with Crippen molar-refractivity contribution in [1.29, 1.82) is 0 Å². The van der Waals surface area contributed by atoms with E-state index in [1.807, 2.05) is 0 Å². The highest BCUT2D eigenvalue weighted by molar-refractivity contribution is 6.32. The van der Waals surface area contributed by atoms with Gasteiger partial charge in [0, 0.05) is 38.3 Å². The number of halogens is 2. The molecule has 5 heteroatoms. The monoisotopic (exact) mass is 272 g/mol. The second-order valence-electron chi connectivity index (χ2n) is 4.63. The van der Waals surface area contributed by atoms with Crippen LogP contribution in [0.3, 0.4) is 0 Å². The van der Waals surface area contributed by atoms with Crippen LogP contribution in [0.4, 0.5) is 4.39 Å². The summed E-state index contributed by atoms with van der Waals surface area (Å²) in [6.07, 6.45) is 0.620. The summed E-state index contributed by atoms with van der Waals surface area (Å²) >= 11 is 5.80. The maximum atomic E-state index is 13.6. The number of nitrogens with one attached hydrogen (secondary N) is 1. The predicted octanol–water partition coefficient (Wildman–Crippen LogP) is 1.94. The number of hydrogen-bond acceptors (Lipinski definition) is 3. The highest BCUT2D eigenvalue weighted by Crippen LogP contribution is 2.32. The molecule has 0 saturated carbocycles. The van der Waals surface area contributed by atoms with Crippen LogP contribution < -0.4 is 5.32 Å². The second-order valence-corrected chi connectivity index (χ2v) is 5.04. The van der Waals surface area contributed by atoms with Crippen molar-refractivity contribution >= 4 is 11.6 Å². The van der Waals surface area contributed by atoms with Gasteiger partial charge in [0.2, 0.25) is 0 Å². The average molecular weight is 273 g/mol. The fourth-order valence-electron chi connectivity index (χ4n) is 2.26. The number of benzene rings is 1. The van der Waals surface area contributed by atoms with E-state index < -0.39 is 0 Å². The smallest absolute Gasteiger partial charge is 0.137 e. The van der Waals surface area contributed by atoms with Crippen LogP contribution >= 0.6 is 11.6 Å². The van der Waals surface area contributed by atoms with Gasteiger partial charge in [-0.05, 0) is 25.0 Å². The molecular weight excluding hydrogens is 255 g/mol. The molecule has 2 rings (SSSR count). The number of phenols is 1. The third kappa shape index (κ3) is 2.94. The van der Waals surface area contributed by atoms with Crippen LogP contribution in [-0.2, 0) is 6.42 Å². The minimum absolute atomic E-state index is 0.0192. The summed E-state index contributed by atoms with van der Waals surface area (Å²) in [6, 6.07) is 1.17. The SMILES string of the molecule is Cc1c(F)cc(Cl)c(O)c1CCN1CCNCC1. The van der Waals surface area contributed by atoms with Crippen molar-refractivity contribution < 1.29 is 9.50 Å². The number of rotatable bonds is 3. The van der Waals surface area contributed by atoms with E-state index in [0.717, 1.165) is 32.7 Å². The molecule has 0 aliphatic carbocycles. The highest BCUT2D eigenvalue weighted by atomic mass is 35.5. The summed E-state index contributed by atoms with van der Waals surface area (Å²) in [6.45, 7) is 6.43. The van der Waals surface area contributed by atoms with Gasteiger partial charge in [0.05, 0.1) is 5.02 Å². The van der Waals surface area contributed by atoms with Crippen LogP contribution in [-0.4, -0.2) is 42.7 Å². The Morgan fingerprint density at radius 3 is 2.78 bits per heavy atom. The van der Waals surface area contributed by atoms with Gasteiger partial charge in [-0.1, -0.05) is 11.6 Å². The quantitative estimate of drug-likeness (QED) is 0.883. The molecule has 0 spiro atoms. The minimum Gasteiger partial charge on any atom is -0.506 e. The van der Waals surface area contributed by atoms with Crippen molar-refractivity contribution in [2.45, 2.75) is 13.3 Å². The number of nitrogens with zero attached hydrogens (tertiary/aromatic N) is 1. The molecule has 0 aromatic heterocycles. The standard InChI is InChI=1S/C13H18ClFN2O/c1-9-10(13(18)11(14)8-12(9)15)2-5-17-6-3-16-4-7-17/h8,16,18H,2-7H2,1H3. The minimum atomic E-state index is -0.354. The van der Waals surface area contributed by atoms with Gasteiger partial charge in [0.15, 0.2) is 0 Å². The van der Waals surface area contributed by atoms with Crippen LogP contribution in [0.15, 0.2) is 6.07 Å². The van der Waals surface area contributed by atoms with Gasteiger partial charge >= 0.3 is 0 Å². The topological polar surface area (TPSA) is 35.5 Å². The lowest BCUT2D eigenvalue weighted by atomic mass is 10.0. The molecule has 18 heavy (non-hydrogen) atoms. The Bertz CT molecular complexity index is 407. The van der Waals surface area contributed by atoms with Crippen LogP contribution in [0, 0.1) is 12.7 Å². The summed E-state index contributed by atoms with van der Waals surface area (Å²) in [5, 5.41) is 13.3. The molecule has 100 valence electrons. The fraction of sp³-hybridized carbons (Fsp3) is 0.538. The Labute approximate surface area is 112 Å². The van der Waals surface area contributed by atoms with E-state index in [1.54, 1.807) is 6.92 Å². The van der Waals surface area contributed by atoms with Gasteiger partial charge in [-0.25, -0.2) is 4.39 Å². The van der Waals surface area contributed by atoms with Gasteiger partial charge in [0.1, 0.15) is 11.6 Å². The van der Waals surface area contributed by atoms with Gasteiger partial charge in [0.25, 0.3) is 0 Å². The lowest BCUT2D eigenvalue weighted by Crippen LogP contribution is -2.44. The Kier molecular flexibility index (Phi) is 4.43. The van der Waals surface area contributed by atoms with E-state index in [1.165, 1.54) is 6.07 Å². The molecule has 0 bridgehead atoms. The molecule has 1 aromatic rings. The Hall–Kier alpha value is -0.840. The van der Waals surface area contributed by atoms with Gasteiger partial charge < -0.3 is 15.3 Å². The summed E-state index contributed by atoms with van der Waals surface area (Å²) in [4.78, 5) is 2.30. The normalized spacial score (nSPS) is 17.1. The van der Waals surface area contributed by atoms with E-state index in [9.17, 15) is 9.50 Å². The predicted molar refractivity (Wildman–Crippen MR) is 70.8 cm³/mol. The number of hydrogen-bond donors (Lipinski definition) is 2. The number of aromatic hydroxyl groups is 1. The Balaban J connectivity index is 2.08. The van der Waals surface area contributed by atoms with Crippen LogP contribution in [0.5, 0.6) is 5.75 Å². The Morgan fingerprint density at radius 1 is 1.44 bits per heavy atom. The van der Waals surface area contributed by atoms with Gasteiger partial charge in [-0.2, -0.15) is 0 Å². The average Bonchev–Trinajstić information content (AvgIpc) is 2.38. The van der Waals surface area contributed by atoms with Crippen LogP contribution in [0.1, 0.15) is 11.1 Å². The first kappa shape index (κ1) is 13.6. The summed E-state index contributed by atoms with van der Waals surface area (Å²) in [5.41, 5.74) is 1.12. The molecule has 1 aliphatic heterocycles. The van der Waals surface area contributed by atoms with Crippen molar-refractivity contribution in [3.63, 3.8) is 0 Å². The molecule has 2 N–H and O–H groups in total. The third-order valence-electron chi connectivity index (χ3n) is 3.46. The Morgan fingerprint density at radius 2 is 2.11 bits per heavy atom. The van der Waals surface area contributed by atoms with E-state index in [2.05, 4.69) is 10.2 Å². The molecular formula is C13H18ClFN2O. The molecule has 1 heterocycles. The van der Waals surface area contributed by atoms with Crippen molar-refractivity contribution in [3.8, 4) is 5.75 Å². The van der Waals surface area contributed by atoms with Crippen molar-refractivity contribution in [2.75, 3.05) is 32.7 Å². The molecule has 0 amide bonds. The maximum Gasteiger partial charge on any atom is 0.137 e. The maximum absolute atomic E-state index is 13.6. The van der Waals surface area contributed by atoms with Crippen LogP contribution in [0.2, 0.25) is 5.02 Å². The number of phenolic OH excluding ortho intramolecular Hbond substituents is 1. The summed E-state index contributed by atoms with van der Waals surface area (Å²) < 4.78 is 13.6. The summed E-state index contributed by atoms with van der Waals surface area (Å²) in [5.74, 6) is -0.334. The van der Waals surface area contributed by atoms with E-state index in [4.69, 9.17) is 11.6 Å². The van der Waals surface area contributed by atoms with E-state index >= 15 is 0 Å². The molecule has 1 fully saturated rings. The zero-order valence-electron chi connectivity index (χ0n) is 10.5. The van der Waals surface area contributed by atoms with Crippen LogP contribution in [0.25, 0.3) is 0 Å². The van der Waals surface area contributed by atoms with E-state index in [-0.39, 0.29) is 16.6 Å². The molecule has 3 nitrogen and oxygen atoms in total. The molecule has 0 atom stereocenters. The number of piperazine rings is 1.